The van der Waals surface area contributed by atoms with E-state index in [1.54, 1.807) is 7.11 Å². The van der Waals surface area contributed by atoms with Gasteiger partial charge in [-0.15, -0.1) is 0 Å². The number of carbonyl (C=O) groups is 1. The molecule has 1 fully saturated rings. The van der Waals surface area contributed by atoms with Gasteiger partial charge in [0, 0.05) is 24.7 Å². The van der Waals surface area contributed by atoms with Crippen molar-refractivity contribution in [2.75, 3.05) is 13.7 Å². The molecule has 3 atom stereocenters. The van der Waals surface area contributed by atoms with E-state index in [0.29, 0.717) is 6.54 Å². The Hall–Kier alpha value is -1.95. The molecule has 6 nitrogen and oxygen atoms in total. The molecule has 0 radical (unpaired) electrons. The molecular formula is C20H32N2O4. The largest absolute Gasteiger partial charge is 0.497 e. The van der Waals surface area contributed by atoms with Gasteiger partial charge >= 0.3 is 6.09 Å². The molecule has 0 aromatic heterocycles. The van der Waals surface area contributed by atoms with Crippen molar-refractivity contribution in [3.05, 3.63) is 24.3 Å². The molecule has 1 amide bonds. The molecule has 1 aliphatic rings. The molecule has 2 N–H and O–H groups in total. The second-order valence-electron chi connectivity index (χ2n) is 7.81. The molecule has 2 rings (SSSR count). The summed E-state index contributed by atoms with van der Waals surface area (Å²) in [4.78, 5) is 12.0. The van der Waals surface area contributed by atoms with Gasteiger partial charge in [0.25, 0.3) is 0 Å². The van der Waals surface area contributed by atoms with E-state index >= 15 is 0 Å². The molecule has 1 saturated carbocycles. The fourth-order valence-electron chi connectivity index (χ4n) is 3.10. The average Bonchev–Trinajstić information content (AvgIpc) is 2.98. The summed E-state index contributed by atoms with van der Waals surface area (Å²) in [5.41, 5.74) is -0.481. The van der Waals surface area contributed by atoms with Crippen LogP contribution in [0.3, 0.4) is 0 Å². The van der Waals surface area contributed by atoms with Crippen LogP contribution in [0.4, 0.5) is 4.79 Å². The van der Waals surface area contributed by atoms with Crippen molar-refractivity contribution in [3.8, 4) is 11.5 Å². The van der Waals surface area contributed by atoms with Gasteiger partial charge in [-0.2, -0.15) is 0 Å². The SMILES string of the molecule is COc1cccc(OC(C)CNC2CCCC2NC(=O)OC(C)(C)C)c1. The zero-order chi connectivity index (χ0) is 19.2. The maximum Gasteiger partial charge on any atom is 0.407 e. The molecule has 0 spiro atoms. The number of ether oxygens (including phenoxy) is 3. The summed E-state index contributed by atoms with van der Waals surface area (Å²) >= 11 is 0. The third kappa shape index (κ3) is 6.75. The van der Waals surface area contributed by atoms with E-state index in [4.69, 9.17) is 14.2 Å². The number of rotatable bonds is 7. The van der Waals surface area contributed by atoms with Crippen molar-refractivity contribution in [2.45, 2.75) is 70.7 Å². The molecule has 146 valence electrons. The van der Waals surface area contributed by atoms with E-state index in [2.05, 4.69) is 10.6 Å². The lowest BCUT2D eigenvalue weighted by molar-refractivity contribution is 0.0497. The summed E-state index contributed by atoms with van der Waals surface area (Å²) in [6.07, 6.45) is 2.74. The minimum Gasteiger partial charge on any atom is -0.497 e. The second-order valence-corrected chi connectivity index (χ2v) is 7.81. The van der Waals surface area contributed by atoms with Gasteiger partial charge < -0.3 is 24.8 Å². The Labute approximate surface area is 156 Å². The van der Waals surface area contributed by atoms with Crippen LogP contribution in [0, 0.1) is 0 Å². The van der Waals surface area contributed by atoms with Gasteiger partial charge in [-0.25, -0.2) is 4.79 Å². The van der Waals surface area contributed by atoms with Crippen LogP contribution in [-0.4, -0.2) is 43.5 Å². The Morgan fingerprint density at radius 1 is 1.23 bits per heavy atom. The fraction of sp³-hybridized carbons (Fsp3) is 0.650. The molecule has 0 heterocycles. The monoisotopic (exact) mass is 364 g/mol. The van der Waals surface area contributed by atoms with Crippen molar-refractivity contribution in [2.24, 2.45) is 0 Å². The summed E-state index contributed by atoms with van der Waals surface area (Å²) in [5, 5.41) is 6.51. The molecule has 1 aromatic rings. The van der Waals surface area contributed by atoms with Crippen LogP contribution in [0.15, 0.2) is 24.3 Å². The molecule has 3 unspecified atom stereocenters. The Balaban J connectivity index is 1.78. The minimum atomic E-state index is -0.481. The van der Waals surface area contributed by atoms with Gasteiger partial charge in [-0.05, 0) is 59.1 Å². The normalized spacial score (nSPS) is 21.1. The van der Waals surface area contributed by atoms with Gasteiger partial charge in [0.15, 0.2) is 0 Å². The number of amides is 1. The predicted octanol–water partition coefficient (Wildman–Crippen LogP) is 3.50. The van der Waals surface area contributed by atoms with Crippen molar-refractivity contribution in [1.29, 1.82) is 0 Å². The number of alkyl carbamates (subject to hydrolysis) is 1. The number of nitrogens with one attached hydrogen (secondary N) is 2. The molecule has 0 saturated heterocycles. The number of benzene rings is 1. The third-order valence-corrected chi connectivity index (χ3v) is 4.26. The second kappa shape index (κ2) is 9.12. The summed E-state index contributed by atoms with van der Waals surface area (Å²) in [6, 6.07) is 7.92. The minimum absolute atomic E-state index is 0.00452. The van der Waals surface area contributed by atoms with E-state index in [0.717, 1.165) is 30.8 Å². The quantitative estimate of drug-likeness (QED) is 0.775. The van der Waals surface area contributed by atoms with Crippen molar-refractivity contribution >= 4 is 6.09 Å². The summed E-state index contributed by atoms with van der Waals surface area (Å²) in [5.74, 6) is 1.56. The lowest BCUT2D eigenvalue weighted by atomic mass is 10.1. The van der Waals surface area contributed by atoms with Crippen molar-refractivity contribution in [1.82, 2.24) is 10.6 Å². The Bertz CT molecular complexity index is 585. The van der Waals surface area contributed by atoms with E-state index < -0.39 is 5.60 Å². The van der Waals surface area contributed by atoms with Crippen LogP contribution in [0.25, 0.3) is 0 Å². The molecule has 26 heavy (non-hydrogen) atoms. The highest BCUT2D eigenvalue weighted by atomic mass is 16.6. The lowest BCUT2D eigenvalue weighted by Crippen LogP contribution is -2.49. The van der Waals surface area contributed by atoms with Gasteiger partial charge in [0.05, 0.1) is 7.11 Å². The first-order valence-corrected chi connectivity index (χ1v) is 9.30. The lowest BCUT2D eigenvalue weighted by Gasteiger charge is -2.26. The predicted molar refractivity (Wildman–Crippen MR) is 102 cm³/mol. The van der Waals surface area contributed by atoms with Crippen LogP contribution in [-0.2, 0) is 4.74 Å². The van der Waals surface area contributed by atoms with E-state index in [-0.39, 0.29) is 24.3 Å². The highest BCUT2D eigenvalue weighted by Gasteiger charge is 2.30. The molecule has 1 aliphatic carbocycles. The number of hydrogen-bond donors (Lipinski definition) is 2. The standard InChI is InChI=1S/C20H32N2O4/c1-14(25-16-9-6-8-15(12-16)24-5)13-21-17-10-7-11-18(17)22-19(23)26-20(2,3)4/h6,8-9,12,14,17-18,21H,7,10-11,13H2,1-5H3,(H,22,23). The summed E-state index contributed by atoms with van der Waals surface area (Å²) in [7, 11) is 1.64. The van der Waals surface area contributed by atoms with E-state index in [9.17, 15) is 4.79 Å². The zero-order valence-corrected chi connectivity index (χ0v) is 16.5. The number of hydrogen-bond acceptors (Lipinski definition) is 5. The first-order valence-electron chi connectivity index (χ1n) is 9.30. The molecule has 0 aliphatic heterocycles. The molecule has 1 aromatic carbocycles. The van der Waals surface area contributed by atoms with E-state index in [1.165, 1.54) is 0 Å². The Kier molecular flexibility index (Phi) is 7.14. The Morgan fingerprint density at radius 3 is 2.62 bits per heavy atom. The Morgan fingerprint density at radius 2 is 1.92 bits per heavy atom. The zero-order valence-electron chi connectivity index (χ0n) is 16.5. The van der Waals surface area contributed by atoms with Crippen LogP contribution < -0.4 is 20.1 Å². The van der Waals surface area contributed by atoms with Gasteiger partial charge in [-0.1, -0.05) is 6.07 Å². The first kappa shape index (κ1) is 20.4. The maximum atomic E-state index is 12.0. The topological polar surface area (TPSA) is 68.8 Å². The fourth-order valence-corrected chi connectivity index (χ4v) is 3.10. The molecule has 0 bridgehead atoms. The molecular weight excluding hydrogens is 332 g/mol. The molecule has 6 heteroatoms. The third-order valence-electron chi connectivity index (χ3n) is 4.26. The van der Waals surface area contributed by atoms with Crippen molar-refractivity contribution in [3.63, 3.8) is 0 Å². The number of methoxy groups -OCH3 is 1. The first-order chi connectivity index (χ1) is 12.3. The van der Waals surface area contributed by atoms with Gasteiger partial charge in [0.1, 0.15) is 23.2 Å². The van der Waals surface area contributed by atoms with Gasteiger partial charge in [0.2, 0.25) is 0 Å². The average molecular weight is 364 g/mol. The van der Waals surface area contributed by atoms with Crippen LogP contribution in [0.5, 0.6) is 11.5 Å². The van der Waals surface area contributed by atoms with Crippen LogP contribution in [0.1, 0.15) is 47.0 Å². The van der Waals surface area contributed by atoms with Gasteiger partial charge in [-0.3, -0.25) is 0 Å². The highest BCUT2D eigenvalue weighted by molar-refractivity contribution is 5.68. The maximum absolute atomic E-state index is 12.0. The summed E-state index contributed by atoms with van der Waals surface area (Å²) < 4.78 is 16.5. The number of carbonyl (C=O) groups excluding carboxylic acids is 1. The van der Waals surface area contributed by atoms with Crippen LogP contribution in [0.2, 0.25) is 0 Å². The smallest absolute Gasteiger partial charge is 0.407 e. The van der Waals surface area contributed by atoms with Crippen molar-refractivity contribution < 1.29 is 19.0 Å². The summed E-state index contributed by atoms with van der Waals surface area (Å²) in [6.45, 7) is 8.34. The van der Waals surface area contributed by atoms with E-state index in [1.807, 2.05) is 52.0 Å². The highest BCUT2D eigenvalue weighted by Crippen LogP contribution is 2.22. The van der Waals surface area contributed by atoms with Crippen LogP contribution >= 0.6 is 0 Å².